The van der Waals surface area contributed by atoms with Gasteiger partial charge in [-0.2, -0.15) is 5.10 Å². The van der Waals surface area contributed by atoms with Gasteiger partial charge in [0.25, 0.3) is 0 Å². The molecule has 1 aliphatic rings. The molecule has 0 saturated heterocycles. The van der Waals surface area contributed by atoms with Gasteiger partial charge in [-0.15, -0.1) is 0 Å². The molecule has 0 bridgehead atoms. The largest absolute Gasteiger partial charge is 0.352 e. The fraction of sp³-hybridized carbons (Fsp3) is 0.667. The zero-order chi connectivity index (χ0) is 12.4. The summed E-state index contributed by atoms with van der Waals surface area (Å²) in [5.74, 6) is 0.782. The Balaban J connectivity index is 1.96. The second kappa shape index (κ2) is 4.87. The Kier molecular flexibility index (Phi) is 3.47. The topological polar surface area (TPSA) is 59.0 Å². The lowest BCUT2D eigenvalue weighted by atomic mass is 9.82. The predicted octanol–water partition coefficient (Wildman–Crippen LogP) is 0.595. The van der Waals surface area contributed by atoms with Crippen LogP contribution in [-0.2, 0) is 11.8 Å². The predicted molar refractivity (Wildman–Crippen MR) is 65.3 cm³/mol. The summed E-state index contributed by atoms with van der Waals surface area (Å²) >= 11 is 0. The van der Waals surface area contributed by atoms with E-state index in [0.29, 0.717) is 6.04 Å². The molecule has 1 saturated carbocycles. The fourth-order valence-corrected chi connectivity index (χ4v) is 2.34. The molecule has 1 aliphatic carbocycles. The molecule has 0 spiro atoms. The van der Waals surface area contributed by atoms with Crippen molar-refractivity contribution in [3.8, 4) is 0 Å². The van der Waals surface area contributed by atoms with E-state index in [2.05, 4.69) is 22.7 Å². The van der Waals surface area contributed by atoms with Crippen LogP contribution in [0.3, 0.4) is 0 Å². The fourth-order valence-electron chi connectivity index (χ4n) is 2.34. The number of nitrogens with one attached hydrogen (secondary N) is 2. The van der Waals surface area contributed by atoms with Crippen molar-refractivity contribution in [3.05, 3.63) is 18.0 Å². The van der Waals surface area contributed by atoms with Gasteiger partial charge in [-0.1, -0.05) is 6.92 Å². The maximum atomic E-state index is 12.1. The third-order valence-electron chi connectivity index (χ3n) is 3.33. The number of amides is 1. The highest BCUT2D eigenvalue weighted by atomic mass is 16.2. The summed E-state index contributed by atoms with van der Waals surface area (Å²) in [5, 5.41) is 10.2. The van der Waals surface area contributed by atoms with Gasteiger partial charge in [0.05, 0.1) is 6.20 Å². The smallest absolute Gasteiger partial charge is 0.242 e. The Labute approximate surface area is 102 Å². The van der Waals surface area contributed by atoms with Crippen LogP contribution in [-0.4, -0.2) is 28.8 Å². The lowest BCUT2D eigenvalue weighted by Crippen LogP contribution is -2.47. The van der Waals surface area contributed by atoms with E-state index in [1.54, 1.807) is 17.9 Å². The van der Waals surface area contributed by atoms with Gasteiger partial charge in [0.1, 0.15) is 6.04 Å². The molecule has 2 rings (SSSR count). The normalized spacial score (nSPS) is 25.1. The molecule has 1 heterocycles. The first-order chi connectivity index (χ1) is 8.10. The van der Waals surface area contributed by atoms with Crippen LogP contribution in [0.2, 0.25) is 0 Å². The lowest BCUT2D eigenvalue weighted by Gasteiger charge is -2.34. The number of aryl methyl sites for hydroxylation is 1. The van der Waals surface area contributed by atoms with Crippen LogP contribution in [0, 0.1) is 5.92 Å². The van der Waals surface area contributed by atoms with Crippen LogP contribution in [0.1, 0.15) is 31.4 Å². The number of hydrogen-bond donors (Lipinski definition) is 2. The maximum Gasteiger partial charge on any atom is 0.242 e. The van der Waals surface area contributed by atoms with Crippen molar-refractivity contribution >= 4 is 5.91 Å². The first kappa shape index (κ1) is 12.1. The molecule has 17 heavy (non-hydrogen) atoms. The van der Waals surface area contributed by atoms with Gasteiger partial charge in [0.2, 0.25) is 5.91 Å². The molecule has 1 aromatic rings. The molecule has 5 nitrogen and oxygen atoms in total. The van der Waals surface area contributed by atoms with Crippen LogP contribution >= 0.6 is 0 Å². The second-order valence-electron chi connectivity index (χ2n) is 4.95. The first-order valence-corrected chi connectivity index (χ1v) is 6.06. The van der Waals surface area contributed by atoms with Gasteiger partial charge < -0.3 is 10.6 Å². The zero-order valence-electron chi connectivity index (χ0n) is 10.6. The molecule has 1 atom stereocenters. The van der Waals surface area contributed by atoms with E-state index < -0.39 is 0 Å². The van der Waals surface area contributed by atoms with Crippen molar-refractivity contribution in [2.75, 3.05) is 7.05 Å². The molecular weight excluding hydrogens is 216 g/mol. The molecule has 1 aromatic heterocycles. The van der Waals surface area contributed by atoms with Crippen molar-refractivity contribution in [2.24, 2.45) is 13.0 Å². The molecule has 94 valence electrons. The highest BCUT2D eigenvalue weighted by Crippen LogP contribution is 2.26. The Morgan fingerprint density at radius 3 is 2.76 bits per heavy atom. The molecule has 0 aliphatic heterocycles. The third-order valence-corrected chi connectivity index (χ3v) is 3.33. The van der Waals surface area contributed by atoms with E-state index in [1.165, 1.54) is 0 Å². The summed E-state index contributed by atoms with van der Waals surface area (Å²) in [5.41, 5.74) is 0.903. The van der Waals surface area contributed by atoms with Crippen LogP contribution in [0.4, 0.5) is 0 Å². The summed E-state index contributed by atoms with van der Waals surface area (Å²) in [6.45, 7) is 2.21. The molecule has 1 unspecified atom stereocenters. The van der Waals surface area contributed by atoms with E-state index in [9.17, 15) is 4.79 Å². The van der Waals surface area contributed by atoms with Gasteiger partial charge in [-0.05, 0) is 25.8 Å². The minimum absolute atomic E-state index is 0.0393. The highest BCUT2D eigenvalue weighted by molar-refractivity contribution is 5.83. The summed E-state index contributed by atoms with van der Waals surface area (Å²) in [6, 6.07) is 0.0460. The Bertz CT molecular complexity index is 395. The molecule has 0 aromatic carbocycles. The minimum atomic E-state index is -0.306. The molecular formula is C12H20N4O. The second-order valence-corrected chi connectivity index (χ2v) is 4.95. The lowest BCUT2D eigenvalue weighted by molar-refractivity contribution is -0.124. The first-order valence-electron chi connectivity index (χ1n) is 6.06. The van der Waals surface area contributed by atoms with Gasteiger partial charge in [0, 0.05) is 24.8 Å². The maximum absolute atomic E-state index is 12.1. The van der Waals surface area contributed by atoms with Crippen LogP contribution in [0.25, 0.3) is 0 Å². The minimum Gasteiger partial charge on any atom is -0.352 e. The number of hydrogen-bond acceptors (Lipinski definition) is 3. The summed E-state index contributed by atoms with van der Waals surface area (Å²) < 4.78 is 1.71. The molecule has 1 amide bonds. The Morgan fingerprint density at radius 1 is 1.59 bits per heavy atom. The van der Waals surface area contributed by atoms with Gasteiger partial charge >= 0.3 is 0 Å². The van der Waals surface area contributed by atoms with Gasteiger partial charge in [-0.3, -0.25) is 9.48 Å². The standard InChI is InChI=1S/C12H20N4O/c1-8-4-10(5-8)15-12(17)11(13-2)9-6-14-16(3)7-9/h6-8,10-11,13H,4-5H2,1-3H3,(H,15,17). The van der Waals surface area contributed by atoms with Crippen molar-refractivity contribution in [1.29, 1.82) is 0 Å². The molecule has 2 N–H and O–H groups in total. The zero-order valence-corrected chi connectivity index (χ0v) is 10.6. The monoisotopic (exact) mass is 236 g/mol. The van der Waals surface area contributed by atoms with Gasteiger partial charge in [0.15, 0.2) is 0 Å². The Morgan fingerprint density at radius 2 is 2.29 bits per heavy atom. The van der Waals surface area contributed by atoms with Gasteiger partial charge in [-0.25, -0.2) is 0 Å². The third kappa shape index (κ3) is 2.66. The molecule has 0 radical (unpaired) electrons. The van der Waals surface area contributed by atoms with E-state index in [-0.39, 0.29) is 11.9 Å². The average molecular weight is 236 g/mol. The number of nitrogens with zero attached hydrogens (tertiary/aromatic N) is 2. The summed E-state index contributed by atoms with van der Waals surface area (Å²) in [4.78, 5) is 12.1. The molecule has 5 heteroatoms. The number of carbonyl (C=O) groups excluding carboxylic acids is 1. The summed E-state index contributed by atoms with van der Waals surface area (Å²) in [7, 11) is 3.64. The number of carbonyl (C=O) groups is 1. The Hall–Kier alpha value is -1.36. The van der Waals surface area contributed by atoms with Crippen LogP contribution in [0.15, 0.2) is 12.4 Å². The highest BCUT2D eigenvalue weighted by Gasteiger charge is 2.29. The number of aromatic nitrogens is 2. The van der Waals surface area contributed by atoms with E-state index in [4.69, 9.17) is 0 Å². The SMILES string of the molecule is CNC(C(=O)NC1CC(C)C1)c1cnn(C)c1. The quantitative estimate of drug-likeness (QED) is 0.804. The van der Waals surface area contributed by atoms with Crippen molar-refractivity contribution in [1.82, 2.24) is 20.4 Å². The van der Waals surface area contributed by atoms with E-state index in [1.807, 2.05) is 13.2 Å². The van der Waals surface area contributed by atoms with Crippen molar-refractivity contribution < 1.29 is 4.79 Å². The average Bonchev–Trinajstić information content (AvgIpc) is 2.64. The van der Waals surface area contributed by atoms with Crippen molar-refractivity contribution in [3.63, 3.8) is 0 Å². The number of rotatable bonds is 4. The summed E-state index contributed by atoms with van der Waals surface area (Å²) in [6.07, 6.45) is 5.78. The van der Waals surface area contributed by atoms with Crippen LogP contribution in [0.5, 0.6) is 0 Å². The van der Waals surface area contributed by atoms with E-state index in [0.717, 1.165) is 24.3 Å². The van der Waals surface area contributed by atoms with Crippen molar-refractivity contribution in [2.45, 2.75) is 31.8 Å². The van der Waals surface area contributed by atoms with E-state index >= 15 is 0 Å². The molecule has 1 fully saturated rings. The number of likely N-dealkylation sites (N-methyl/N-ethyl adjacent to an activating group) is 1. The van der Waals surface area contributed by atoms with Crippen LogP contribution < -0.4 is 10.6 Å².